The minimum absolute atomic E-state index is 0.322. The molecule has 2 unspecified atom stereocenters. The van der Waals surface area contributed by atoms with Gasteiger partial charge in [-0.2, -0.15) is 8.78 Å². The molecule has 1 heterocycles. The lowest BCUT2D eigenvalue weighted by molar-refractivity contribution is -0.138. The summed E-state index contributed by atoms with van der Waals surface area (Å²) in [6.45, 7) is 1.26. The van der Waals surface area contributed by atoms with Crippen LogP contribution >= 0.6 is 0 Å². The van der Waals surface area contributed by atoms with E-state index in [1.54, 1.807) is 0 Å². The summed E-state index contributed by atoms with van der Waals surface area (Å²) in [5, 5.41) is 4.73. The van der Waals surface area contributed by atoms with E-state index < -0.39 is 30.8 Å². The zero-order valence-electron chi connectivity index (χ0n) is 9.48. The second kappa shape index (κ2) is 5.66. The highest BCUT2D eigenvalue weighted by Crippen LogP contribution is 2.21. The Kier molecular flexibility index (Phi) is 4.73. The summed E-state index contributed by atoms with van der Waals surface area (Å²) in [5.74, 6) is -4.49. The second-order valence-electron chi connectivity index (χ2n) is 4.42. The van der Waals surface area contributed by atoms with Gasteiger partial charge in [0.05, 0.1) is 12.6 Å². The van der Waals surface area contributed by atoms with Crippen LogP contribution in [0, 0.1) is 5.92 Å². The molecule has 0 aliphatic carbocycles. The Bertz CT molecular complexity index is 273. The largest absolute Gasteiger partial charge is 0.348 e. The second-order valence-corrected chi connectivity index (χ2v) is 4.42. The fourth-order valence-electron chi connectivity index (χ4n) is 1.71. The molecule has 0 aromatic heterocycles. The molecule has 0 spiro atoms. The van der Waals surface area contributed by atoms with Gasteiger partial charge in [0.2, 0.25) is 5.91 Å². The summed E-state index contributed by atoms with van der Waals surface area (Å²) in [7, 11) is 0. The van der Waals surface area contributed by atoms with Crippen molar-refractivity contribution in [1.29, 1.82) is 0 Å². The normalized spacial score (nSPS) is 26.0. The first kappa shape index (κ1) is 14.2. The van der Waals surface area contributed by atoms with Gasteiger partial charge in [-0.25, -0.2) is 8.78 Å². The topological polar surface area (TPSA) is 41.1 Å². The van der Waals surface area contributed by atoms with Gasteiger partial charge in [-0.15, -0.1) is 0 Å². The maximum Gasteiger partial charge on any atom is 0.324 e. The first-order chi connectivity index (χ1) is 7.83. The number of halogens is 4. The Labute approximate surface area is 96.9 Å². The van der Waals surface area contributed by atoms with Crippen LogP contribution in [0.15, 0.2) is 0 Å². The van der Waals surface area contributed by atoms with Crippen molar-refractivity contribution in [2.75, 3.05) is 13.1 Å². The Morgan fingerprint density at radius 3 is 2.71 bits per heavy atom. The van der Waals surface area contributed by atoms with Crippen LogP contribution in [0.3, 0.4) is 0 Å². The molecule has 2 N–H and O–H groups in total. The lowest BCUT2D eigenvalue weighted by atomic mass is 9.94. The van der Waals surface area contributed by atoms with Gasteiger partial charge >= 0.3 is 12.3 Å². The minimum atomic E-state index is -4.17. The van der Waals surface area contributed by atoms with Crippen molar-refractivity contribution in [2.24, 2.45) is 5.92 Å². The van der Waals surface area contributed by atoms with Crippen molar-refractivity contribution in [3.63, 3.8) is 0 Å². The molecule has 2 atom stereocenters. The highest BCUT2D eigenvalue weighted by Gasteiger charge is 2.41. The van der Waals surface area contributed by atoms with Gasteiger partial charge in [-0.05, 0) is 25.3 Å². The van der Waals surface area contributed by atoms with Crippen molar-refractivity contribution >= 4 is 5.91 Å². The van der Waals surface area contributed by atoms with Gasteiger partial charge < -0.3 is 10.6 Å². The SMILES string of the molecule is CC1CCNC(C(=O)NCC(F)(F)C(F)F)C1. The van der Waals surface area contributed by atoms with E-state index in [2.05, 4.69) is 5.32 Å². The van der Waals surface area contributed by atoms with Crippen LogP contribution in [0.25, 0.3) is 0 Å². The summed E-state index contributed by atoms with van der Waals surface area (Å²) < 4.78 is 48.8. The molecule has 17 heavy (non-hydrogen) atoms. The zero-order chi connectivity index (χ0) is 13.1. The number of alkyl halides is 4. The predicted molar refractivity (Wildman–Crippen MR) is 54.1 cm³/mol. The molecule has 1 aliphatic heterocycles. The molecule has 1 saturated heterocycles. The Morgan fingerprint density at radius 1 is 1.53 bits per heavy atom. The van der Waals surface area contributed by atoms with Crippen molar-refractivity contribution in [2.45, 2.75) is 38.2 Å². The number of amides is 1. The van der Waals surface area contributed by atoms with E-state index >= 15 is 0 Å². The molecule has 0 radical (unpaired) electrons. The highest BCUT2D eigenvalue weighted by molar-refractivity contribution is 5.81. The quantitative estimate of drug-likeness (QED) is 0.746. The smallest absolute Gasteiger partial charge is 0.324 e. The first-order valence-corrected chi connectivity index (χ1v) is 5.50. The molecule has 7 heteroatoms. The van der Waals surface area contributed by atoms with E-state index in [4.69, 9.17) is 0 Å². The van der Waals surface area contributed by atoms with Gasteiger partial charge in [0, 0.05) is 0 Å². The van der Waals surface area contributed by atoms with E-state index in [1.165, 1.54) is 0 Å². The van der Waals surface area contributed by atoms with Crippen molar-refractivity contribution < 1.29 is 22.4 Å². The number of carbonyl (C=O) groups excluding carboxylic acids is 1. The van der Waals surface area contributed by atoms with Gasteiger partial charge in [0.15, 0.2) is 0 Å². The number of hydrogen-bond acceptors (Lipinski definition) is 2. The predicted octanol–water partition coefficient (Wildman–Crippen LogP) is 1.39. The maximum absolute atomic E-state index is 12.6. The summed E-state index contributed by atoms with van der Waals surface area (Å²) in [5.41, 5.74) is 0. The van der Waals surface area contributed by atoms with Crippen LogP contribution in [-0.4, -0.2) is 37.4 Å². The molecule has 1 amide bonds. The van der Waals surface area contributed by atoms with E-state index in [0.29, 0.717) is 18.9 Å². The molecule has 0 aromatic carbocycles. The summed E-state index contributed by atoms with van der Waals surface area (Å²) in [6, 6.07) is -0.563. The van der Waals surface area contributed by atoms with Gasteiger partial charge in [-0.3, -0.25) is 4.79 Å². The van der Waals surface area contributed by atoms with Gasteiger partial charge in [-0.1, -0.05) is 6.92 Å². The third kappa shape index (κ3) is 4.14. The molecular weight excluding hydrogens is 240 g/mol. The van der Waals surface area contributed by atoms with Gasteiger partial charge in [0.25, 0.3) is 0 Å². The molecule has 1 fully saturated rings. The third-order valence-electron chi connectivity index (χ3n) is 2.80. The number of piperidine rings is 1. The lowest BCUT2D eigenvalue weighted by Crippen LogP contribution is -2.51. The van der Waals surface area contributed by atoms with Crippen LogP contribution in [0.2, 0.25) is 0 Å². The fraction of sp³-hybridized carbons (Fsp3) is 0.900. The lowest BCUT2D eigenvalue weighted by Gasteiger charge is -2.27. The Balaban J connectivity index is 2.39. The third-order valence-corrected chi connectivity index (χ3v) is 2.80. The van der Waals surface area contributed by atoms with E-state index in [9.17, 15) is 22.4 Å². The summed E-state index contributed by atoms with van der Waals surface area (Å²) >= 11 is 0. The standard InChI is InChI=1S/C10H16F4N2O/c1-6-2-3-15-7(4-6)8(17)16-5-10(13,14)9(11)12/h6-7,9,15H,2-5H2,1H3,(H,16,17). The number of hydrogen-bond donors (Lipinski definition) is 2. The van der Waals surface area contributed by atoms with Crippen molar-refractivity contribution in [3.05, 3.63) is 0 Å². The maximum atomic E-state index is 12.6. The van der Waals surface area contributed by atoms with Gasteiger partial charge in [0.1, 0.15) is 0 Å². The molecule has 1 rings (SSSR count). The number of rotatable bonds is 4. The van der Waals surface area contributed by atoms with E-state index in [1.807, 2.05) is 12.2 Å². The Morgan fingerprint density at radius 2 is 2.18 bits per heavy atom. The summed E-state index contributed by atoms with van der Waals surface area (Å²) in [4.78, 5) is 11.5. The first-order valence-electron chi connectivity index (χ1n) is 5.50. The average Bonchev–Trinajstić information content (AvgIpc) is 2.25. The molecule has 1 aliphatic rings. The van der Waals surface area contributed by atoms with Crippen LogP contribution in [0.1, 0.15) is 19.8 Å². The fourth-order valence-corrected chi connectivity index (χ4v) is 1.71. The molecular formula is C10H16F4N2O. The van der Waals surface area contributed by atoms with E-state index in [0.717, 1.165) is 6.42 Å². The highest BCUT2D eigenvalue weighted by atomic mass is 19.3. The van der Waals surface area contributed by atoms with Crippen LogP contribution < -0.4 is 10.6 Å². The molecule has 0 bridgehead atoms. The van der Waals surface area contributed by atoms with Crippen LogP contribution in [-0.2, 0) is 4.79 Å². The molecule has 0 saturated carbocycles. The van der Waals surface area contributed by atoms with Crippen LogP contribution in [0.4, 0.5) is 17.6 Å². The molecule has 3 nitrogen and oxygen atoms in total. The number of carbonyl (C=O) groups is 1. The van der Waals surface area contributed by atoms with Crippen LogP contribution in [0.5, 0.6) is 0 Å². The average molecular weight is 256 g/mol. The Hall–Kier alpha value is -0.850. The molecule has 0 aromatic rings. The number of nitrogens with one attached hydrogen (secondary N) is 2. The molecule has 100 valence electrons. The summed E-state index contributed by atoms with van der Waals surface area (Å²) in [6.07, 6.45) is -2.32. The monoisotopic (exact) mass is 256 g/mol. The minimum Gasteiger partial charge on any atom is -0.348 e. The van der Waals surface area contributed by atoms with Crippen molar-refractivity contribution in [3.8, 4) is 0 Å². The zero-order valence-corrected chi connectivity index (χ0v) is 9.48. The van der Waals surface area contributed by atoms with E-state index in [-0.39, 0.29) is 0 Å². The van der Waals surface area contributed by atoms with Crippen molar-refractivity contribution in [1.82, 2.24) is 10.6 Å².